The first-order valence-electron chi connectivity index (χ1n) is 7.84. The van der Waals surface area contributed by atoms with Crippen LogP contribution in [-0.4, -0.2) is 24.2 Å². The summed E-state index contributed by atoms with van der Waals surface area (Å²) in [7, 11) is -3.57. The average Bonchev–Trinajstić information content (AvgIpc) is 3.11. The number of hydrogen-bond donors (Lipinski definition) is 0. The zero-order chi connectivity index (χ0) is 18.9. The monoisotopic (exact) mass is 368 g/mol. The molecule has 0 aliphatic carbocycles. The molecule has 0 atom stereocenters. The molecule has 3 aromatic rings. The molecule has 0 fully saturated rings. The number of aromatic nitrogens is 2. The normalized spacial score (nSPS) is 11.3. The lowest BCUT2D eigenvalue weighted by molar-refractivity contribution is 0.587. The van der Waals surface area contributed by atoms with Gasteiger partial charge in [-0.05, 0) is 30.2 Å². The number of imidazole rings is 1. The first kappa shape index (κ1) is 17.8. The topological polar surface area (TPSA) is 75.8 Å². The van der Waals surface area contributed by atoms with Crippen LogP contribution in [0.3, 0.4) is 0 Å². The van der Waals surface area contributed by atoms with Gasteiger partial charge in [-0.2, -0.15) is 5.26 Å². The lowest BCUT2D eigenvalue weighted by Gasteiger charge is -2.15. The highest BCUT2D eigenvalue weighted by Crippen LogP contribution is 2.30. The minimum Gasteiger partial charge on any atom is -0.290 e. The highest BCUT2D eigenvalue weighted by molar-refractivity contribution is 7.90. The van der Waals surface area contributed by atoms with Crippen LogP contribution in [-0.2, 0) is 16.3 Å². The molecule has 0 unspecified atom stereocenters. The van der Waals surface area contributed by atoms with Crippen molar-refractivity contribution < 1.29 is 12.8 Å². The van der Waals surface area contributed by atoms with Crippen LogP contribution in [0.4, 0.5) is 4.39 Å². The quantitative estimate of drug-likeness (QED) is 0.708. The Bertz CT molecular complexity index is 1130. The third-order valence-electron chi connectivity index (χ3n) is 3.98. The predicted molar refractivity (Wildman–Crippen MR) is 95.0 cm³/mol. The van der Waals surface area contributed by atoms with Gasteiger partial charge in [-0.25, -0.2) is 17.8 Å². The van der Waals surface area contributed by atoms with Crippen molar-refractivity contribution in [1.82, 2.24) is 9.55 Å². The zero-order valence-corrected chi connectivity index (χ0v) is 15.0. The SMILES string of the molecule is CCc1c(-n2ccnc2S(C)(=O)=O)[c]cc(-c2cccc(C#N)c2)c1F. The summed E-state index contributed by atoms with van der Waals surface area (Å²) in [5.74, 6) is -0.468. The van der Waals surface area contributed by atoms with Gasteiger partial charge in [-0.15, -0.1) is 0 Å². The fraction of sp³-hybridized carbons (Fsp3) is 0.158. The molecule has 7 heteroatoms. The van der Waals surface area contributed by atoms with Crippen LogP contribution in [0.1, 0.15) is 18.1 Å². The van der Waals surface area contributed by atoms with Crippen molar-refractivity contribution in [3.63, 3.8) is 0 Å². The van der Waals surface area contributed by atoms with Gasteiger partial charge in [0, 0.05) is 35.8 Å². The van der Waals surface area contributed by atoms with Gasteiger partial charge < -0.3 is 0 Å². The Labute approximate surface area is 151 Å². The van der Waals surface area contributed by atoms with E-state index in [-0.39, 0.29) is 5.16 Å². The van der Waals surface area contributed by atoms with Crippen LogP contribution < -0.4 is 0 Å². The summed E-state index contributed by atoms with van der Waals surface area (Å²) < 4.78 is 40.3. The Hall–Kier alpha value is -2.98. The molecule has 0 spiro atoms. The molecule has 0 amide bonds. The van der Waals surface area contributed by atoms with Gasteiger partial charge in [0.25, 0.3) is 0 Å². The van der Waals surface area contributed by atoms with E-state index >= 15 is 4.39 Å². The molecule has 0 saturated carbocycles. The van der Waals surface area contributed by atoms with E-state index in [2.05, 4.69) is 11.1 Å². The molecular weight excluding hydrogens is 353 g/mol. The second-order valence-electron chi connectivity index (χ2n) is 5.74. The molecule has 26 heavy (non-hydrogen) atoms. The predicted octanol–water partition coefficient (Wildman–Crippen LogP) is 3.32. The van der Waals surface area contributed by atoms with Crippen LogP contribution in [0.15, 0.2) is 47.9 Å². The summed E-state index contributed by atoms with van der Waals surface area (Å²) in [6, 6.07) is 13.1. The zero-order valence-electron chi connectivity index (χ0n) is 14.2. The van der Waals surface area contributed by atoms with Crippen molar-refractivity contribution in [3.05, 3.63) is 65.7 Å². The van der Waals surface area contributed by atoms with Crippen molar-refractivity contribution >= 4 is 9.84 Å². The molecule has 0 aliphatic heterocycles. The minimum absolute atomic E-state index is 0.165. The van der Waals surface area contributed by atoms with Gasteiger partial charge in [0.1, 0.15) is 5.82 Å². The summed E-state index contributed by atoms with van der Waals surface area (Å²) in [5, 5.41) is 8.87. The van der Waals surface area contributed by atoms with E-state index in [9.17, 15) is 8.42 Å². The van der Waals surface area contributed by atoms with Crippen LogP contribution in [0.5, 0.6) is 0 Å². The maximum Gasteiger partial charge on any atom is 0.231 e. The Morgan fingerprint density at radius 3 is 2.81 bits per heavy atom. The summed E-state index contributed by atoms with van der Waals surface area (Å²) in [5.41, 5.74) is 1.94. The van der Waals surface area contributed by atoms with E-state index in [4.69, 9.17) is 5.26 Å². The Morgan fingerprint density at radius 2 is 2.15 bits per heavy atom. The number of hydrogen-bond acceptors (Lipinski definition) is 4. The summed E-state index contributed by atoms with van der Waals surface area (Å²) >= 11 is 0. The van der Waals surface area contributed by atoms with Gasteiger partial charge >= 0.3 is 0 Å². The first-order chi connectivity index (χ1) is 12.4. The number of rotatable bonds is 4. The number of halogens is 1. The number of sulfone groups is 1. The van der Waals surface area contributed by atoms with Crippen molar-refractivity contribution in [1.29, 1.82) is 5.26 Å². The Morgan fingerprint density at radius 1 is 1.38 bits per heavy atom. The summed E-state index contributed by atoms with van der Waals surface area (Å²) in [6.07, 6.45) is 4.21. The van der Waals surface area contributed by atoms with Crippen molar-refractivity contribution in [3.8, 4) is 22.9 Å². The largest absolute Gasteiger partial charge is 0.290 e. The average molecular weight is 368 g/mol. The third-order valence-corrected chi connectivity index (χ3v) is 4.94. The molecule has 131 valence electrons. The molecular formula is C19H15FN3O2S. The maximum atomic E-state index is 15.2. The van der Waals surface area contributed by atoms with Gasteiger partial charge in [0.05, 0.1) is 17.3 Å². The van der Waals surface area contributed by atoms with E-state index in [0.717, 1.165) is 6.26 Å². The number of benzene rings is 2. The van der Waals surface area contributed by atoms with Crippen LogP contribution in [0.25, 0.3) is 16.8 Å². The van der Waals surface area contributed by atoms with Crippen molar-refractivity contribution in [2.24, 2.45) is 0 Å². The number of nitrogens with zero attached hydrogens (tertiary/aromatic N) is 3. The van der Waals surface area contributed by atoms with E-state index in [1.807, 2.05) is 6.07 Å². The van der Waals surface area contributed by atoms with E-state index in [0.29, 0.717) is 34.4 Å². The van der Waals surface area contributed by atoms with Crippen molar-refractivity contribution in [2.75, 3.05) is 6.26 Å². The second kappa shape index (κ2) is 6.73. The molecule has 0 bridgehead atoms. The van der Waals surface area contributed by atoms with Crippen LogP contribution in [0.2, 0.25) is 0 Å². The smallest absolute Gasteiger partial charge is 0.231 e. The molecule has 5 nitrogen and oxygen atoms in total. The molecule has 0 saturated heterocycles. The Kier molecular flexibility index (Phi) is 4.62. The molecule has 2 aromatic carbocycles. The lowest BCUT2D eigenvalue weighted by Crippen LogP contribution is -2.10. The van der Waals surface area contributed by atoms with Crippen LogP contribution in [0, 0.1) is 23.2 Å². The molecule has 1 radical (unpaired) electrons. The minimum atomic E-state index is -3.57. The van der Waals surface area contributed by atoms with E-state index in [1.165, 1.54) is 23.0 Å². The van der Waals surface area contributed by atoms with Gasteiger partial charge in [0.15, 0.2) is 0 Å². The van der Waals surface area contributed by atoms with Crippen LogP contribution >= 0.6 is 0 Å². The fourth-order valence-corrected chi connectivity index (χ4v) is 3.56. The van der Waals surface area contributed by atoms with E-state index in [1.54, 1.807) is 31.2 Å². The molecule has 0 aliphatic rings. The molecule has 3 rings (SSSR count). The maximum absolute atomic E-state index is 15.2. The standard InChI is InChI=1S/C19H15FN3O2S/c1-3-15-17(23-10-9-22-19(23)26(2,24)25)8-7-16(18(15)20)14-6-4-5-13(11-14)12-21/h4-7,9-11H,3H2,1-2H3. The third kappa shape index (κ3) is 3.11. The van der Waals surface area contributed by atoms with Gasteiger partial charge in [-0.3, -0.25) is 4.57 Å². The molecule has 0 N–H and O–H groups in total. The first-order valence-corrected chi connectivity index (χ1v) is 9.73. The fourth-order valence-electron chi connectivity index (χ4n) is 2.80. The second-order valence-corrected chi connectivity index (χ2v) is 7.65. The Balaban J connectivity index is 2.22. The summed E-state index contributed by atoms with van der Waals surface area (Å²) in [4.78, 5) is 3.87. The van der Waals surface area contributed by atoms with Gasteiger partial charge in [0.2, 0.25) is 15.0 Å². The molecule has 1 heterocycles. The summed E-state index contributed by atoms with van der Waals surface area (Å²) in [6.45, 7) is 1.78. The molecule has 1 aromatic heterocycles. The van der Waals surface area contributed by atoms with Gasteiger partial charge in [-0.1, -0.05) is 19.1 Å². The number of nitriles is 1. The van der Waals surface area contributed by atoms with E-state index < -0.39 is 15.7 Å². The van der Waals surface area contributed by atoms with Crippen molar-refractivity contribution in [2.45, 2.75) is 18.5 Å². The lowest BCUT2D eigenvalue weighted by atomic mass is 9.98. The highest BCUT2D eigenvalue weighted by atomic mass is 32.2. The highest BCUT2D eigenvalue weighted by Gasteiger charge is 2.21.